The van der Waals surface area contributed by atoms with E-state index in [4.69, 9.17) is 9.97 Å². The fraction of sp³-hybridized carbons (Fsp3) is 0. The van der Waals surface area contributed by atoms with Crippen LogP contribution in [0.3, 0.4) is 0 Å². The van der Waals surface area contributed by atoms with Crippen molar-refractivity contribution in [1.82, 2.24) is 9.97 Å². The van der Waals surface area contributed by atoms with Crippen LogP contribution in [0.25, 0.3) is 33.9 Å². The second kappa shape index (κ2) is 17.2. The first-order chi connectivity index (χ1) is 30.7. The fourth-order valence-electron chi connectivity index (χ4n) is 9.41. The summed E-state index contributed by atoms with van der Waals surface area (Å²) >= 11 is 0. The van der Waals surface area contributed by atoms with Gasteiger partial charge in [0.25, 0.3) is 0 Å². The molecule has 10 rings (SSSR count). The molecular weight excluding hydrogens is 781 g/mol. The molecule has 0 spiro atoms. The summed E-state index contributed by atoms with van der Waals surface area (Å²) in [5, 5.41) is 10.6. The minimum atomic E-state index is -2.78. The fourth-order valence-corrected chi connectivity index (χ4v) is 19.0. The third kappa shape index (κ3) is 7.05. The summed E-state index contributed by atoms with van der Waals surface area (Å²) < 4.78 is 0. The van der Waals surface area contributed by atoms with Gasteiger partial charge in [0.05, 0.1) is 11.4 Å². The van der Waals surface area contributed by atoms with Gasteiger partial charge in [-0.2, -0.15) is 0 Å². The Bertz CT molecular complexity index is 2660. The maximum atomic E-state index is 5.37. The van der Waals surface area contributed by atoms with Crippen molar-refractivity contribution in [2.24, 2.45) is 0 Å². The highest BCUT2D eigenvalue weighted by Crippen LogP contribution is 2.28. The van der Waals surface area contributed by atoms with E-state index in [0.717, 1.165) is 28.1 Å². The van der Waals surface area contributed by atoms with Crippen molar-refractivity contribution in [2.75, 3.05) is 0 Å². The van der Waals surface area contributed by atoms with Crippen LogP contribution in [0, 0.1) is 0 Å². The second-order valence-corrected chi connectivity index (χ2v) is 23.3. The topological polar surface area (TPSA) is 25.8 Å². The summed E-state index contributed by atoms with van der Waals surface area (Å²) in [5.41, 5.74) is 4.86. The normalized spacial score (nSPS) is 11.5. The van der Waals surface area contributed by atoms with E-state index in [9.17, 15) is 0 Å². The van der Waals surface area contributed by atoms with Crippen LogP contribution in [0.2, 0.25) is 0 Å². The van der Waals surface area contributed by atoms with Crippen LogP contribution in [0.4, 0.5) is 0 Å². The van der Waals surface area contributed by atoms with Crippen molar-refractivity contribution in [3.8, 4) is 33.9 Å². The minimum absolute atomic E-state index is 0.698. The van der Waals surface area contributed by atoms with Crippen molar-refractivity contribution in [2.45, 2.75) is 0 Å². The zero-order valence-corrected chi connectivity index (χ0v) is 36.3. The zero-order chi connectivity index (χ0) is 41.6. The van der Waals surface area contributed by atoms with Gasteiger partial charge in [0, 0.05) is 16.7 Å². The predicted octanol–water partition coefficient (Wildman–Crippen LogP) is 8.23. The highest BCUT2D eigenvalue weighted by atomic mass is 28.3. The molecule has 0 aliphatic carbocycles. The van der Waals surface area contributed by atoms with Crippen LogP contribution >= 0.6 is 0 Å². The van der Waals surface area contributed by atoms with E-state index in [2.05, 4.69) is 261 Å². The van der Waals surface area contributed by atoms with Gasteiger partial charge in [-0.3, -0.25) is 0 Å². The molecule has 0 bridgehead atoms. The highest BCUT2D eigenvalue weighted by molar-refractivity contribution is 7.20. The Morgan fingerprint density at radius 3 is 0.742 bits per heavy atom. The van der Waals surface area contributed by atoms with E-state index < -0.39 is 16.1 Å². The van der Waals surface area contributed by atoms with Crippen LogP contribution in [-0.4, -0.2) is 26.1 Å². The molecule has 0 aliphatic rings. The molecule has 0 N–H and O–H groups in total. The van der Waals surface area contributed by atoms with Gasteiger partial charge in [0.1, 0.15) is 0 Å². The SMILES string of the molecule is c1ccc(-c2nc(-c3cccc([Si](c4ccccc4)(c4ccccc4)c4ccccc4)c3)cc(-c3cccc([Si](c4ccccc4)(c4ccccc4)c4ccccc4)c3)n2)cc1. The van der Waals surface area contributed by atoms with Gasteiger partial charge in [0.2, 0.25) is 0 Å². The lowest BCUT2D eigenvalue weighted by Crippen LogP contribution is -2.74. The summed E-state index contributed by atoms with van der Waals surface area (Å²) in [6.07, 6.45) is 0. The van der Waals surface area contributed by atoms with Crippen LogP contribution in [0.15, 0.2) is 267 Å². The molecule has 62 heavy (non-hydrogen) atoms. The molecular formula is C58H44N2Si2. The number of aromatic nitrogens is 2. The number of nitrogens with zero attached hydrogens (tertiary/aromatic N) is 2. The van der Waals surface area contributed by atoms with E-state index in [1.165, 1.54) is 41.5 Å². The molecule has 1 aromatic heterocycles. The van der Waals surface area contributed by atoms with Crippen molar-refractivity contribution in [3.63, 3.8) is 0 Å². The highest BCUT2D eigenvalue weighted by Gasteiger charge is 2.43. The van der Waals surface area contributed by atoms with Crippen molar-refractivity contribution < 1.29 is 0 Å². The number of rotatable bonds is 11. The Morgan fingerprint density at radius 1 is 0.210 bits per heavy atom. The summed E-state index contributed by atoms with van der Waals surface area (Å²) in [6.45, 7) is 0. The Hall–Kier alpha value is -7.51. The lowest BCUT2D eigenvalue weighted by atomic mass is 10.1. The molecule has 2 nitrogen and oxygen atoms in total. The largest absolute Gasteiger partial charge is 0.228 e. The second-order valence-electron chi connectivity index (χ2n) is 15.7. The summed E-state index contributed by atoms with van der Waals surface area (Å²) in [7, 11) is -5.57. The van der Waals surface area contributed by atoms with E-state index in [1.807, 2.05) is 6.07 Å². The van der Waals surface area contributed by atoms with Gasteiger partial charge >= 0.3 is 0 Å². The van der Waals surface area contributed by atoms with Gasteiger partial charge in [-0.25, -0.2) is 9.97 Å². The smallest absolute Gasteiger partial charge is 0.179 e. The van der Waals surface area contributed by atoms with E-state index >= 15 is 0 Å². The van der Waals surface area contributed by atoms with E-state index in [-0.39, 0.29) is 0 Å². The molecule has 0 amide bonds. The first kappa shape index (κ1) is 38.7. The lowest BCUT2D eigenvalue weighted by Gasteiger charge is -2.34. The lowest BCUT2D eigenvalue weighted by molar-refractivity contribution is 1.18. The van der Waals surface area contributed by atoms with Crippen LogP contribution in [0.5, 0.6) is 0 Å². The van der Waals surface area contributed by atoms with Gasteiger partial charge < -0.3 is 0 Å². The summed E-state index contributed by atoms with van der Waals surface area (Å²) in [5.74, 6) is 0.698. The van der Waals surface area contributed by atoms with Crippen molar-refractivity contribution >= 4 is 57.6 Å². The molecule has 1 heterocycles. The zero-order valence-electron chi connectivity index (χ0n) is 34.3. The third-order valence-electron chi connectivity index (χ3n) is 12.2. The van der Waals surface area contributed by atoms with Gasteiger partial charge in [-0.15, -0.1) is 0 Å². The molecule has 0 radical (unpaired) electrons. The maximum Gasteiger partial charge on any atom is 0.179 e. The molecule has 0 saturated carbocycles. The van der Waals surface area contributed by atoms with E-state index in [1.54, 1.807) is 0 Å². The molecule has 0 unspecified atom stereocenters. The number of hydrogen-bond donors (Lipinski definition) is 0. The Morgan fingerprint density at radius 2 is 0.452 bits per heavy atom. The Balaban J connectivity index is 1.20. The van der Waals surface area contributed by atoms with Gasteiger partial charge in [-0.1, -0.05) is 261 Å². The Kier molecular flexibility index (Phi) is 10.7. The molecule has 0 atom stereocenters. The van der Waals surface area contributed by atoms with Gasteiger partial charge in [-0.05, 0) is 47.6 Å². The molecule has 0 fully saturated rings. The minimum Gasteiger partial charge on any atom is -0.228 e. The number of benzene rings is 9. The molecule has 0 saturated heterocycles. The van der Waals surface area contributed by atoms with Crippen molar-refractivity contribution in [3.05, 3.63) is 267 Å². The molecule has 4 heteroatoms. The first-order valence-corrected chi connectivity index (χ1v) is 25.2. The summed E-state index contributed by atoms with van der Waals surface area (Å²) in [4.78, 5) is 10.7. The molecule has 0 aliphatic heterocycles. The molecule has 9 aromatic carbocycles. The molecule has 10 aromatic rings. The molecule has 294 valence electrons. The first-order valence-electron chi connectivity index (χ1n) is 21.2. The number of hydrogen-bond acceptors (Lipinski definition) is 2. The third-order valence-corrected chi connectivity index (χ3v) is 21.7. The quantitative estimate of drug-likeness (QED) is 0.0972. The van der Waals surface area contributed by atoms with Crippen LogP contribution < -0.4 is 41.5 Å². The average molecular weight is 825 g/mol. The monoisotopic (exact) mass is 824 g/mol. The van der Waals surface area contributed by atoms with Crippen LogP contribution in [-0.2, 0) is 0 Å². The Labute approximate surface area is 366 Å². The predicted molar refractivity (Wildman–Crippen MR) is 266 cm³/mol. The van der Waals surface area contributed by atoms with E-state index in [0.29, 0.717) is 5.82 Å². The maximum absolute atomic E-state index is 5.37. The van der Waals surface area contributed by atoms with Crippen molar-refractivity contribution in [1.29, 1.82) is 0 Å². The average Bonchev–Trinajstić information content (AvgIpc) is 3.37. The van der Waals surface area contributed by atoms with Gasteiger partial charge in [0.15, 0.2) is 22.0 Å². The van der Waals surface area contributed by atoms with Crippen LogP contribution in [0.1, 0.15) is 0 Å². The standard InChI is InChI=1S/C58H44N2Si2/c1-8-24-45(25-9-1)58-59-56(46-26-22-40-54(42-46)61(48-28-10-2-11-29-48,49-30-12-3-13-31-49)50-32-14-4-15-33-50)44-57(60-58)47-27-23-41-55(43-47)62(51-34-16-5-17-35-51,52-36-18-6-19-37-52)53-38-20-7-21-39-53/h1-44H. The summed E-state index contributed by atoms with van der Waals surface area (Å²) in [6, 6.07) is 97.4.